The lowest BCUT2D eigenvalue weighted by atomic mass is 10.1. The molecule has 26 heavy (non-hydrogen) atoms. The highest BCUT2D eigenvalue weighted by atomic mass is 32.1. The van der Waals surface area contributed by atoms with Crippen molar-refractivity contribution >= 4 is 29.0 Å². The van der Waals surface area contributed by atoms with Crippen molar-refractivity contribution in [2.45, 2.75) is 0 Å². The molecule has 0 spiro atoms. The zero-order chi connectivity index (χ0) is 18.4. The van der Waals surface area contributed by atoms with Crippen LogP contribution in [0.2, 0.25) is 0 Å². The standard InChI is InChI=1S/C20H14N2O3S/c21-11-16(10-15-8-4-5-9-18(15)25-12-19(23)24)20-22-17(13-26-20)14-6-2-1-3-7-14/h1-10,13H,12H2,(H,23,24)/p-1/b16-10+. The number of carbonyl (C=O) groups excluding carboxylic acids is 1. The fourth-order valence-corrected chi connectivity index (χ4v) is 3.10. The third-order valence-electron chi connectivity index (χ3n) is 3.49. The third-order valence-corrected chi connectivity index (χ3v) is 4.36. The van der Waals surface area contributed by atoms with E-state index in [0.29, 0.717) is 21.9 Å². The number of rotatable bonds is 6. The van der Waals surface area contributed by atoms with Crippen molar-refractivity contribution in [2.75, 3.05) is 6.61 Å². The summed E-state index contributed by atoms with van der Waals surface area (Å²) in [5, 5.41) is 22.6. The Balaban J connectivity index is 1.92. The SMILES string of the molecule is N#C/C(=C\c1ccccc1OCC(=O)[O-])c1nc(-c2ccccc2)cs1. The second-order valence-electron chi connectivity index (χ2n) is 5.27. The van der Waals surface area contributed by atoms with Crippen molar-refractivity contribution in [1.82, 2.24) is 4.98 Å². The number of para-hydroxylation sites is 1. The summed E-state index contributed by atoms with van der Waals surface area (Å²) in [4.78, 5) is 15.1. The van der Waals surface area contributed by atoms with Crippen molar-refractivity contribution in [1.29, 1.82) is 5.26 Å². The Labute approximate surface area is 154 Å². The van der Waals surface area contributed by atoms with E-state index in [4.69, 9.17) is 4.74 Å². The summed E-state index contributed by atoms with van der Waals surface area (Å²) >= 11 is 1.37. The summed E-state index contributed by atoms with van der Waals surface area (Å²) in [6, 6.07) is 18.7. The van der Waals surface area contributed by atoms with Gasteiger partial charge in [0.2, 0.25) is 0 Å². The first kappa shape index (κ1) is 17.4. The molecule has 1 heterocycles. The number of hydrogen-bond acceptors (Lipinski definition) is 6. The van der Waals surface area contributed by atoms with Crippen LogP contribution in [0.4, 0.5) is 0 Å². The predicted molar refractivity (Wildman–Crippen MR) is 98.0 cm³/mol. The molecule has 0 saturated carbocycles. The highest BCUT2D eigenvalue weighted by Crippen LogP contribution is 2.29. The fourth-order valence-electron chi connectivity index (χ4n) is 2.30. The number of nitriles is 1. The van der Waals surface area contributed by atoms with Gasteiger partial charge in [-0.1, -0.05) is 48.5 Å². The lowest BCUT2D eigenvalue weighted by Gasteiger charge is -2.09. The van der Waals surface area contributed by atoms with E-state index >= 15 is 0 Å². The molecule has 3 aromatic rings. The number of carbonyl (C=O) groups is 1. The van der Waals surface area contributed by atoms with Crippen LogP contribution >= 0.6 is 11.3 Å². The maximum Gasteiger partial charge on any atom is 0.134 e. The largest absolute Gasteiger partial charge is 0.546 e. The van der Waals surface area contributed by atoms with Crippen LogP contribution in [0.5, 0.6) is 5.75 Å². The van der Waals surface area contributed by atoms with Crippen LogP contribution in [0.25, 0.3) is 22.9 Å². The Bertz CT molecular complexity index is 988. The Hall–Kier alpha value is -3.43. The summed E-state index contributed by atoms with van der Waals surface area (Å²) in [5.41, 5.74) is 2.75. The lowest BCUT2D eigenvalue weighted by molar-refractivity contribution is -0.307. The van der Waals surface area contributed by atoms with Gasteiger partial charge in [0, 0.05) is 16.5 Å². The molecule has 0 fully saturated rings. The van der Waals surface area contributed by atoms with Crippen LogP contribution in [0.15, 0.2) is 60.0 Å². The quantitative estimate of drug-likeness (QED) is 0.630. The van der Waals surface area contributed by atoms with Crippen LogP contribution in [-0.2, 0) is 4.79 Å². The molecule has 0 aliphatic heterocycles. The van der Waals surface area contributed by atoms with E-state index in [-0.39, 0.29) is 0 Å². The number of ether oxygens (including phenoxy) is 1. The minimum Gasteiger partial charge on any atom is -0.546 e. The average molecular weight is 361 g/mol. The zero-order valence-electron chi connectivity index (χ0n) is 13.6. The Morgan fingerprint density at radius 2 is 1.92 bits per heavy atom. The highest BCUT2D eigenvalue weighted by molar-refractivity contribution is 7.11. The smallest absolute Gasteiger partial charge is 0.134 e. The molecule has 3 rings (SSSR count). The molecule has 0 radical (unpaired) electrons. The second-order valence-corrected chi connectivity index (χ2v) is 6.13. The van der Waals surface area contributed by atoms with E-state index in [1.807, 2.05) is 35.7 Å². The summed E-state index contributed by atoms with van der Waals surface area (Å²) in [6.07, 6.45) is 1.64. The van der Waals surface area contributed by atoms with E-state index in [0.717, 1.165) is 11.3 Å². The molecule has 0 saturated heterocycles. The first-order chi connectivity index (χ1) is 12.7. The first-order valence-corrected chi connectivity index (χ1v) is 8.60. The number of thiazole rings is 1. The van der Waals surface area contributed by atoms with Crippen molar-refractivity contribution in [3.05, 3.63) is 70.5 Å². The Morgan fingerprint density at radius 1 is 1.19 bits per heavy atom. The topological polar surface area (TPSA) is 86.0 Å². The van der Waals surface area contributed by atoms with E-state index in [1.165, 1.54) is 11.3 Å². The van der Waals surface area contributed by atoms with Crippen LogP contribution in [-0.4, -0.2) is 17.6 Å². The van der Waals surface area contributed by atoms with Crippen LogP contribution in [0.1, 0.15) is 10.6 Å². The first-order valence-electron chi connectivity index (χ1n) is 7.72. The third kappa shape index (κ3) is 4.15. The number of aliphatic carboxylic acids is 1. The normalized spacial score (nSPS) is 11.0. The summed E-state index contributed by atoms with van der Waals surface area (Å²) in [7, 11) is 0. The van der Waals surface area contributed by atoms with Crippen molar-refractivity contribution in [3.8, 4) is 23.1 Å². The number of nitrogens with zero attached hydrogens (tertiary/aromatic N) is 2. The highest BCUT2D eigenvalue weighted by Gasteiger charge is 2.10. The van der Waals surface area contributed by atoms with Crippen molar-refractivity contribution in [2.24, 2.45) is 0 Å². The van der Waals surface area contributed by atoms with Gasteiger partial charge in [-0.2, -0.15) is 5.26 Å². The monoisotopic (exact) mass is 361 g/mol. The maximum absolute atomic E-state index is 10.6. The molecule has 0 amide bonds. The molecule has 0 N–H and O–H groups in total. The van der Waals surface area contributed by atoms with Gasteiger partial charge in [0.15, 0.2) is 0 Å². The Kier molecular flexibility index (Phi) is 5.42. The van der Waals surface area contributed by atoms with E-state index in [1.54, 1.807) is 30.3 Å². The molecule has 0 unspecified atom stereocenters. The number of benzene rings is 2. The van der Waals surface area contributed by atoms with Gasteiger partial charge in [-0.3, -0.25) is 0 Å². The van der Waals surface area contributed by atoms with Crippen LogP contribution in [0.3, 0.4) is 0 Å². The van der Waals surface area contributed by atoms with Gasteiger partial charge in [-0.25, -0.2) is 4.98 Å². The minimum absolute atomic E-state index is 0.365. The van der Waals surface area contributed by atoms with Gasteiger partial charge < -0.3 is 14.6 Å². The maximum atomic E-state index is 10.6. The zero-order valence-corrected chi connectivity index (χ0v) is 14.4. The lowest BCUT2D eigenvalue weighted by Crippen LogP contribution is -2.29. The number of hydrogen-bond donors (Lipinski definition) is 0. The molecule has 0 atom stereocenters. The number of aromatic nitrogens is 1. The Morgan fingerprint density at radius 3 is 2.65 bits per heavy atom. The number of carboxylic acids is 1. The van der Waals surface area contributed by atoms with Gasteiger partial charge in [0.25, 0.3) is 0 Å². The molecule has 5 nitrogen and oxygen atoms in total. The van der Waals surface area contributed by atoms with Crippen LogP contribution in [0, 0.1) is 11.3 Å². The van der Waals surface area contributed by atoms with Crippen molar-refractivity contribution in [3.63, 3.8) is 0 Å². The number of allylic oxidation sites excluding steroid dienone is 1. The molecule has 128 valence electrons. The van der Waals surface area contributed by atoms with E-state index in [2.05, 4.69) is 11.1 Å². The molecular formula is C20H13N2O3S-. The molecule has 2 aromatic carbocycles. The molecule has 6 heteroatoms. The summed E-state index contributed by atoms with van der Waals surface area (Å²) in [6.45, 7) is -0.553. The number of carboxylic acid groups (broad SMARTS) is 1. The van der Waals surface area contributed by atoms with Gasteiger partial charge in [0.1, 0.15) is 23.4 Å². The van der Waals surface area contributed by atoms with Gasteiger partial charge in [-0.05, 0) is 12.1 Å². The second kappa shape index (κ2) is 8.10. The summed E-state index contributed by atoms with van der Waals surface area (Å²) < 4.78 is 5.22. The van der Waals surface area contributed by atoms with E-state index < -0.39 is 12.6 Å². The van der Waals surface area contributed by atoms with Gasteiger partial charge in [0.05, 0.1) is 17.2 Å². The van der Waals surface area contributed by atoms with Crippen LogP contribution < -0.4 is 9.84 Å². The molecule has 0 aliphatic carbocycles. The van der Waals surface area contributed by atoms with Gasteiger partial charge >= 0.3 is 0 Å². The summed E-state index contributed by atoms with van der Waals surface area (Å²) in [5.74, 6) is -0.944. The minimum atomic E-state index is -1.31. The molecule has 0 bridgehead atoms. The van der Waals surface area contributed by atoms with Gasteiger partial charge in [-0.15, -0.1) is 11.3 Å². The fraction of sp³-hybridized carbons (Fsp3) is 0.0500. The van der Waals surface area contributed by atoms with E-state index in [9.17, 15) is 15.2 Å². The van der Waals surface area contributed by atoms with Crippen molar-refractivity contribution < 1.29 is 14.6 Å². The molecule has 1 aromatic heterocycles. The molecular weight excluding hydrogens is 348 g/mol. The molecule has 0 aliphatic rings. The average Bonchev–Trinajstić information content (AvgIpc) is 3.16. The predicted octanol–water partition coefficient (Wildman–Crippen LogP) is 3.00.